The molecular weight excluding hydrogens is 277 g/mol. The first-order valence-electron chi connectivity index (χ1n) is 6.43. The van der Waals surface area contributed by atoms with Crippen LogP contribution in [0.2, 0.25) is 10.0 Å². The molecule has 3 heteroatoms. The molecule has 0 amide bonds. The minimum Gasteiger partial charge on any atom is -0.324 e. The van der Waals surface area contributed by atoms with Gasteiger partial charge in [0.25, 0.3) is 0 Å². The second-order valence-corrected chi connectivity index (χ2v) is 5.89. The molecule has 1 atom stereocenters. The van der Waals surface area contributed by atoms with Gasteiger partial charge in [-0.1, -0.05) is 59.6 Å². The van der Waals surface area contributed by atoms with Gasteiger partial charge in [-0.25, -0.2) is 0 Å². The molecule has 0 saturated heterocycles. The topological polar surface area (TPSA) is 26.0 Å². The average molecular weight is 292 g/mol. The van der Waals surface area contributed by atoms with Crippen molar-refractivity contribution in [3.8, 4) is 0 Å². The summed E-state index contributed by atoms with van der Waals surface area (Å²) >= 11 is 12.3. The van der Waals surface area contributed by atoms with Crippen molar-refractivity contribution in [2.24, 2.45) is 11.7 Å². The molecule has 0 aromatic heterocycles. The van der Waals surface area contributed by atoms with E-state index in [0.717, 1.165) is 18.4 Å². The Hall–Kier alpha value is -1.02. The minimum absolute atomic E-state index is 0.0707. The lowest BCUT2D eigenvalue weighted by Crippen LogP contribution is -2.22. The van der Waals surface area contributed by atoms with Crippen LogP contribution in [0.3, 0.4) is 0 Å². The number of rotatable bonds is 2. The van der Waals surface area contributed by atoms with Crippen LogP contribution in [0.4, 0.5) is 0 Å². The lowest BCUT2D eigenvalue weighted by Gasteiger charge is -2.20. The molecule has 98 valence electrons. The SMILES string of the molecule is NC(c1cccc(Cl)c1Cl)C1Cc2ccccc2C1. The molecule has 2 aromatic rings. The van der Waals surface area contributed by atoms with E-state index in [0.29, 0.717) is 16.0 Å². The average Bonchev–Trinajstić information content (AvgIpc) is 2.85. The molecule has 3 rings (SSSR count). The van der Waals surface area contributed by atoms with Gasteiger partial charge in [0, 0.05) is 6.04 Å². The molecule has 0 saturated carbocycles. The number of nitrogens with two attached hydrogens (primary N) is 1. The third-order valence-corrected chi connectivity index (χ3v) is 4.76. The molecule has 0 radical (unpaired) electrons. The molecule has 0 fully saturated rings. The van der Waals surface area contributed by atoms with Crippen LogP contribution in [0, 0.1) is 5.92 Å². The molecule has 1 unspecified atom stereocenters. The van der Waals surface area contributed by atoms with Gasteiger partial charge in [0.05, 0.1) is 10.0 Å². The Kier molecular flexibility index (Phi) is 3.53. The number of benzene rings is 2. The van der Waals surface area contributed by atoms with Crippen LogP contribution in [-0.4, -0.2) is 0 Å². The standard InChI is InChI=1S/C16H15Cl2N/c17-14-7-3-6-13(15(14)18)16(19)12-8-10-4-1-2-5-11(10)9-12/h1-7,12,16H,8-9,19H2. The summed E-state index contributed by atoms with van der Waals surface area (Å²) in [5.41, 5.74) is 10.2. The van der Waals surface area contributed by atoms with Gasteiger partial charge in [-0.15, -0.1) is 0 Å². The van der Waals surface area contributed by atoms with E-state index in [4.69, 9.17) is 28.9 Å². The number of hydrogen-bond donors (Lipinski definition) is 1. The molecule has 0 spiro atoms. The summed E-state index contributed by atoms with van der Waals surface area (Å²) in [7, 11) is 0. The fourth-order valence-corrected chi connectivity index (χ4v) is 3.31. The molecule has 2 N–H and O–H groups in total. The van der Waals surface area contributed by atoms with Crippen LogP contribution in [0.25, 0.3) is 0 Å². The number of fused-ring (bicyclic) bond motifs is 1. The lowest BCUT2D eigenvalue weighted by molar-refractivity contribution is 0.454. The van der Waals surface area contributed by atoms with Crippen LogP contribution in [0.15, 0.2) is 42.5 Å². The molecule has 2 aromatic carbocycles. The molecule has 0 bridgehead atoms. The first-order valence-corrected chi connectivity index (χ1v) is 7.18. The van der Waals surface area contributed by atoms with E-state index in [9.17, 15) is 0 Å². The third-order valence-electron chi connectivity index (χ3n) is 3.93. The Balaban J connectivity index is 1.87. The Morgan fingerprint density at radius 2 is 1.58 bits per heavy atom. The van der Waals surface area contributed by atoms with Crippen molar-refractivity contribution < 1.29 is 0 Å². The fourth-order valence-electron chi connectivity index (χ4n) is 2.88. The van der Waals surface area contributed by atoms with Gasteiger partial charge >= 0.3 is 0 Å². The molecule has 0 heterocycles. The molecule has 1 aliphatic carbocycles. The van der Waals surface area contributed by atoms with Gasteiger partial charge in [0.2, 0.25) is 0 Å². The lowest BCUT2D eigenvalue weighted by atomic mass is 9.91. The van der Waals surface area contributed by atoms with Crippen molar-refractivity contribution >= 4 is 23.2 Å². The maximum absolute atomic E-state index is 6.41. The third kappa shape index (κ3) is 2.38. The van der Waals surface area contributed by atoms with Gasteiger partial charge < -0.3 is 5.73 Å². The van der Waals surface area contributed by atoms with Crippen molar-refractivity contribution in [3.05, 3.63) is 69.2 Å². The highest BCUT2D eigenvalue weighted by molar-refractivity contribution is 6.42. The highest BCUT2D eigenvalue weighted by Gasteiger charge is 2.28. The zero-order valence-electron chi connectivity index (χ0n) is 10.4. The summed E-state index contributed by atoms with van der Waals surface area (Å²) in [4.78, 5) is 0. The van der Waals surface area contributed by atoms with Crippen molar-refractivity contribution in [3.63, 3.8) is 0 Å². The second kappa shape index (κ2) is 5.16. The molecule has 19 heavy (non-hydrogen) atoms. The predicted octanol–water partition coefficient (Wildman–Crippen LogP) is 4.41. The summed E-state index contributed by atoms with van der Waals surface area (Å²) in [6, 6.07) is 14.1. The van der Waals surface area contributed by atoms with E-state index in [1.807, 2.05) is 12.1 Å². The first kappa shape index (κ1) is 13.0. The zero-order chi connectivity index (χ0) is 13.4. The van der Waals surface area contributed by atoms with Gasteiger partial charge in [-0.2, -0.15) is 0 Å². The number of halogens is 2. The maximum atomic E-state index is 6.41. The monoisotopic (exact) mass is 291 g/mol. The summed E-state index contributed by atoms with van der Waals surface area (Å²) in [5.74, 6) is 0.397. The van der Waals surface area contributed by atoms with Crippen molar-refractivity contribution in [2.75, 3.05) is 0 Å². The van der Waals surface area contributed by atoms with Crippen LogP contribution < -0.4 is 5.73 Å². The molecule has 1 aliphatic rings. The Morgan fingerprint density at radius 3 is 2.21 bits per heavy atom. The minimum atomic E-state index is -0.0707. The summed E-state index contributed by atoms with van der Waals surface area (Å²) in [6.45, 7) is 0. The zero-order valence-corrected chi connectivity index (χ0v) is 12.0. The van der Waals surface area contributed by atoms with Crippen LogP contribution >= 0.6 is 23.2 Å². The van der Waals surface area contributed by atoms with Crippen molar-refractivity contribution in [1.29, 1.82) is 0 Å². The number of hydrogen-bond acceptors (Lipinski definition) is 1. The molecular formula is C16H15Cl2N. The molecule has 0 aliphatic heterocycles. The van der Waals surface area contributed by atoms with Crippen LogP contribution in [0.1, 0.15) is 22.7 Å². The van der Waals surface area contributed by atoms with E-state index in [1.165, 1.54) is 11.1 Å². The summed E-state index contributed by atoms with van der Waals surface area (Å²) < 4.78 is 0. The Bertz CT molecular complexity index is 584. The molecule has 1 nitrogen and oxygen atoms in total. The van der Waals surface area contributed by atoms with Crippen LogP contribution in [0.5, 0.6) is 0 Å². The Labute approximate surface area is 123 Å². The van der Waals surface area contributed by atoms with E-state index in [-0.39, 0.29) is 6.04 Å². The summed E-state index contributed by atoms with van der Waals surface area (Å²) in [6.07, 6.45) is 2.03. The van der Waals surface area contributed by atoms with E-state index in [2.05, 4.69) is 24.3 Å². The summed E-state index contributed by atoms with van der Waals surface area (Å²) in [5, 5.41) is 1.16. The van der Waals surface area contributed by atoms with E-state index >= 15 is 0 Å². The highest BCUT2D eigenvalue weighted by Crippen LogP contribution is 2.37. The quantitative estimate of drug-likeness (QED) is 0.871. The smallest absolute Gasteiger partial charge is 0.0640 e. The normalized spacial score (nSPS) is 16.4. The first-order chi connectivity index (χ1) is 9.16. The van der Waals surface area contributed by atoms with Gasteiger partial charge in [0.1, 0.15) is 0 Å². The highest BCUT2D eigenvalue weighted by atomic mass is 35.5. The van der Waals surface area contributed by atoms with Crippen molar-refractivity contribution in [2.45, 2.75) is 18.9 Å². The van der Waals surface area contributed by atoms with E-state index in [1.54, 1.807) is 6.07 Å². The second-order valence-electron chi connectivity index (χ2n) is 5.11. The van der Waals surface area contributed by atoms with Crippen molar-refractivity contribution in [1.82, 2.24) is 0 Å². The van der Waals surface area contributed by atoms with Gasteiger partial charge in [-0.05, 0) is 41.5 Å². The largest absolute Gasteiger partial charge is 0.324 e. The van der Waals surface area contributed by atoms with Crippen LogP contribution in [-0.2, 0) is 12.8 Å². The Morgan fingerprint density at radius 1 is 0.947 bits per heavy atom. The maximum Gasteiger partial charge on any atom is 0.0640 e. The fraction of sp³-hybridized carbons (Fsp3) is 0.250. The van der Waals surface area contributed by atoms with E-state index < -0.39 is 0 Å². The van der Waals surface area contributed by atoms with Gasteiger partial charge in [0.15, 0.2) is 0 Å². The predicted molar refractivity (Wildman–Crippen MR) is 80.7 cm³/mol. The van der Waals surface area contributed by atoms with Gasteiger partial charge in [-0.3, -0.25) is 0 Å².